The Morgan fingerprint density at radius 2 is 1.48 bits per heavy atom. The molecule has 0 aliphatic heterocycles. The maximum absolute atomic E-state index is 13.8. The summed E-state index contributed by atoms with van der Waals surface area (Å²) in [6.45, 7) is 9.14. The number of aryl methyl sites for hydroxylation is 1. The summed E-state index contributed by atoms with van der Waals surface area (Å²) >= 11 is 0. The number of rotatable bonds is 16. The smallest absolute Gasteiger partial charge is 0.126 e. The van der Waals surface area contributed by atoms with Crippen molar-refractivity contribution in [1.82, 2.24) is 0 Å². The molecule has 0 radical (unpaired) electrons. The number of hydrogen-bond donors (Lipinski definition) is 0. The van der Waals surface area contributed by atoms with Gasteiger partial charge in [0.1, 0.15) is 5.82 Å². The minimum atomic E-state index is -0.0236. The van der Waals surface area contributed by atoms with Gasteiger partial charge in [0, 0.05) is 0 Å². The van der Waals surface area contributed by atoms with E-state index in [1.165, 1.54) is 82.6 Å². The second-order valence-corrected chi connectivity index (χ2v) is 8.68. The summed E-state index contributed by atoms with van der Waals surface area (Å²) in [5.41, 5.74) is 2.15. The van der Waals surface area contributed by atoms with Gasteiger partial charge in [0.25, 0.3) is 0 Å². The van der Waals surface area contributed by atoms with E-state index in [-0.39, 0.29) is 5.82 Å². The third-order valence-corrected chi connectivity index (χ3v) is 6.13. The Kier molecular flexibility index (Phi) is 13.5. The molecule has 0 bridgehead atoms. The Bertz CT molecular complexity index is 471. The third kappa shape index (κ3) is 10.3. The Balaban J connectivity index is 2.20. The van der Waals surface area contributed by atoms with Crippen LogP contribution in [0.25, 0.3) is 0 Å². The van der Waals surface area contributed by atoms with E-state index in [2.05, 4.69) is 33.8 Å². The predicted octanol–water partition coefficient (Wildman–Crippen LogP) is 8.90. The van der Waals surface area contributed by atoms with E-state index in [1.54, 1.807) is 6.07 Å². The van der Waals surface area contributed by atoms with E-state index in [1.807, 2.05) is 6.07 Å². The van der Waals surface area contributed by atoms with E-state index in [4.69, 9.17) is 0 Å². The molecule has 1 rings (SSSR count). The molecule has 0 amide bonds. The molecular formula is C26H45F. The van der Waals surface area contributed by atoms with Crippen molar-refractivity contribution in [3.05, 3.63) is 35.1 Å². The van der Waals surface area contributed by atoms with Crippen molar-refractivity contribution >= 4 is 0 Å². The van der Waals surface area contributed by atoms with Crippen LogP contribution < -0.4 is 0 Å². The maximum Gasteiger partial charge on any atom is 0.126 e. The van der Waals surface area contributed by atoms with Gasteiger partial charge in [-0.25, -0.2) is 4.39 Å². The Morgan fingerprint density at radius 3 is 2.11 bits per heavy atom. The first-order valence-electron chi connectivity index (χ1n) is 11.9. The van der Waals surface area contributed by atoms with Gasteiger partial charge in [-0.3, -0.25) is 0 Å². The summed E-state index contributed by atoms with van der Waals surface area (Å²) in [4.78, 5) is 0. The molecule has 0 fully saturated rings. The van der Waals surface area contributed by atoms with Crippen LogP contribution in [-0.2, 0) is 12.8 Å². The van der Waals surface area contributed by atoms with Crippen LogP contribution in [0, 0.1) is 17.7 Å². The van der Waals surface area contributed by atoms with Gasteiger partial charge in [0.2, 0.25) is 0 Å². The average molecular weight is 377 g/mol. The first-order valence-corrected chi connectivity index (χ1v) is 11.9. The SMILES string of the molecule is CCCCC(CCCC)CC(C)CCCCCCc1cccc(F)c1CC. The van der Waals surface area contributed by atoms with Crippen LogP contribution >= 0.6 is 0 Å². The molecule has 0 spiro atoms. The van der Waals surface area contributed by atoms with E-state index in [0.717, 1.165) is 30.2 Å². The van der Waals surface area contributed by atoms with Crippen molar-refractivity contribution in [2.45, 2.75) is 118 Å². The highest BCUT2D eigenvalue weighted by Crippen LogP contribution is 2.27. The lowest BCUT2D eigenvalue weighted by Crippen LogP contribution is -2.07. The number of hydrogen-bond acceptors (Lipinski definition) is 0. The van der Waals surface area contributed by atoms with Gasteiger partial charge in [-0.2, -0.15) is 0 Å². The molecule has 1 unspecified atom stereocenters. The van der Waals surface area contributed by atoms with Crippen LogP contribution in [0.3, 0.4) is 0 Å². The zero-order valence-electron chi connectivity index (χ0n) is 18.7. The molecule has 0 heterocycles. The summed E-state index contributed by atoms with van der Waals surface area (Å²) in [6, 6.07) is 5.56. The Labute approximate surface area is 169 Å². The lowest BCUT2D eigenvalue weighted by Gasteiger charge is -2.21. The van der Waals surface area contributed by atoms with Gasteiger partial charge < -0.3 is 0 Å². The van der Waals surface area contributed by atoms with E-state index >= 15 is 0 Å². The lowest BCUT2D eigenvalue weighted by atomic mass is 9.85. The minimum absolute atomic E-state index is 0.0236. The fourth-order valence-corrected chi connectivity index (χ4v) is 4.45. The number of halogens is 1. The van der Waals surface area contributed by atoms with Crippen LogP contribution in [0.2, 0.25) is 0 Å². The predicted molar refractivity (Wildman–Crippen MR) is 119 cm³/mol. The van der Waals surface area contributed by atoms with E-state index in [0.29, 0.717) is 0 Å². The van der Waals surface area contributed by atoms with Crippen LogP contribution in [0.5, 0.6) is 0 Å². The second kappa shape index (κ2) is 15.1. The normalized spacial score (nSPS) is 12.7. The molecule has 0 N–H and O–H groups in total. The molecule has 1 atom stereocenters. The summed E-state index contributed by atoms with van der Waals surface area (Å²) in [5, 5.41) is 0. The summed E-state index contributed by atoms with van der Waals surface area (Å²) in [7, 11) is 0. The molecule has 0 aliphatic rings. The standard InChI is InChI=1S/C26H45F/c1-5-8-16-23(17-9-6-2)21-22(4)15-12-10-11-13-18-24-19-14-20-26(27)25(24)7-3/h14,19-20,22-23H,5-13,15-18,21H2,1-4H3. The number of benzene rings is 1. The monoisotopic (exact) mass is 376 g/mol. The molecule has 1 aromatic rings. The molecule has 156 valence electrons. The van der Waals surface area contributed by atoms with Crippen molar-refractivity contribution in [2.24, 2.45) is 11.8 Å². The number of unbranched alkanes of at least 4 members (excludes halogenated alkanes) is 5. The first kappa shape index (κ1) is 24.2. The van der Waals surface area contributed by atoms with Crippen molar-refractivity contribution in [2.75, 3.05) is 0 Å². The van der Waals surface area contributed by atoms with Gasteiger partial charge in [-0.1, -0.05) is 104 Å². The molecule has 1 aromatic carbocycles. The van der Waals surface area contributed by atoms with Crippen molar-refractivity contribution in [3.8, 4) is 0 Å². The molecule has 0 aromatic heterocycles. The lowest BCUT2D eigenvalue weighted by molar-refractivity contribution is 0.318. The van der Waals surface area contributed by atoms with Crippen molar-refractivity contribution in [1.29, 1.82) is 0 Å². The second-order valence-electron chi connectivity index (χ2n) is 8.68. The maximum atomic E-state index is 13.8. The van der Waals surface area contributed by atoms with Gasteiger partial charge >= 0.3 is 0 Å². The van der Waals surface area contributed by atoms with Crippen LogP contribution in [0.15, 0.2) is 18.2 Å². The summed E-state index contributed by atoms with van der Waals surface area (Å²) in [5.74, 6) is 1.81. The molecule has 0 aliphatic carbocycles. The van der Waals surface area contributed by atoms with E-state index < -0.39 is 0 Å². The molecule has 0 nitrogen and oxygen atoms in total. The first-order chi connectivity index (χ1) is 13.1. The average Bonchev–Trinajstić information content (AvgIpc) is 2.66. The summed E-state index contributed by atoms with van der Waals surface area (Å²) in [6.07, 6.45) is 18.2. The highest BCUT2D eigenvalue weighted by atomic mass is 19.1. The van der Waals surface area contributed by atoms with Crippen molar-refractivity contribution < 1.29 is 4.39 Å². The van der Waals surface area contributed by atoms with Gasteiger partial charge in [-0.05, 0) is 54.7 Å². The Hall–Kier alpha value is -0.850. The minimum Gasteiger partial charge on any atom is -0.207 e. The molecule has 0 saturated carbocycles. The Morgan fingerprint density at radius 1 is 0.815 bits per heavy atom. The van der Waals surface area contributed by atoms with Gasteiger partial charge in [0.15, 0.2) is 0 Å². The van der Waals surface area contributed by atoms with Crippen molar-refractivity contribution in [3.63, 3.8) is 0 Å². The molecule has 1 heteroatoms. The van der Waals surface area contributed by atoms with Crippen LogP contribution in [0.4, 0.5) is 4.39 Å². The fraction of sp³-hybridized carbons (Fsp3) is 0.769. The zero-order chi connectivity index (χ0) is 19.9. The third-order valence-electron chi connectivity index (χ3n) is 6.13. The topological polar surface area (TPSA) is 0 Å². The van der Waals surface area contributed by atoms with Crippen LogP contribution in [0.1, 0.15) is 116 Å². The molecule has 0 saturated heterocycles. The van der Waals surface area contributed by atoms with Gasteiger partial charge in [-0.15, -0.1) is 0 Å². The van der Waals surface area contributed by atoms with E-state index in [9.17, 15) is 4.39 Å². The fourth-order valence-electron chi connectivity index (χ4n) is 4.45. The summed E-state index contributed by atoms with van der Waals surface area (Å²) < 4.78 is 13.8. The van der Waals surface area contributed by atoms with Gasteiger partial charge in [0.05, 0.1) is 0 Å². The zero-order valence-corrected chi connectivity index (χ0v) is 18.7. The molecule has 27 heavy (non-hydrogen) atoms. The van der Waals surface area contributed by atoms with Crippen LogP contribution in [-0.4, -0.2) is 0 Å². The quantitative estimate of drug-likeness (QED) is 0.253. The highest BCUT2D eigenvalue weighted by molar-refractivity contribution is 5.28. The largest absolute Gasteiger partial charge is 0.207 e. The molecular weight excluding hydrogens is 331 g/mol. The highest BCUT2D eigenvalue weighted by Gasteiger charge is 2.13.